The molecule has 0 bridgehead atoms. The fourth-order valence-electron chi connectivity index (χ4n) is 4.92. The molecule has 7 heteroatoms. The summed E-state index contributed by atoms with van der Waals surface area (Å²) in [6.07, 6.45) is 7.86. The zero-order chi connectivity index (χ0) is 23.2. The van der Waals surface area contributed by atoms with Gasteiger partial charge >= 0.3 is 0 Å². The van der Waals surface area contributed by atoms with Crippen molar-refractivity contribution in [2.24, 2.45) is 5.41 Å². The molecule has 2 fully saturated rings. The van der Waals surface area contributed by atoms with Gasteiger partial charge in [0.25, 0.3) is 11.8 Å². The van der Waals surface area contributed by atoms with Crippen LogP contribution in [0.1, 0.15) is 66.4 Å². The number of nitrogens with one attached hydrogen (secondary N) is 1. The van der Waals surface area contributed by atoms with Gasteiger partial charge < -0.3 is 10.2 Å². The number of benzene rings is 1. The quantitative estimate of drug-likeness (QED) is 0.477. The highest BCUT2D eigenvalue weighted by molar-refractivity contribution is 9.10. The molecule has 1 aliphatic heterocycles. The number of aromatic nitrogens is 1. The highest BCUT2D eigenvalue weighted by atomic mass is 79.9. The molecule has 1 aromatic heterocycles. The molecule has 2 aliphatic carbocycles. The Balaban J connectivity index is 1.37. The number of carbonyl (C=O) groups excluding carboxylic acids is 1. The van der Waals surface area contributed by atoms with Crippen LogP contribution in [-0.4, -0.2) is 29.9 Å². The summed E-state index contributed by atoms with van der Waals surface area (Å²) in [4.78, 5) is 19.8. The molecular weight excluding hydrogens is 488 g/mol. The first-order chi connectivity index (χ1) is 15.7. The van der Waals surface area contributed by atoms with Gasteiger partial charge in [0.2, 0.25) is 0 Å². The highest BCUT2D eigenvalue weighted by Crippen LogP contribution is 2.56. The van der Waals surface area contributed by atoms with Crippen molar-refractivity contribution in [3.8, 4) is 0 Å². The number of amides is 1. The summed E-state index contributed by atoms with van der Waals surface area (Å²) < 4.78 is 28.1. The van der Waals surface area contributed by atoms with Gasteiger partial charge in [0.05, 0.1) is 0 Å². The number of rotatable bonds is 4. The lowest BCUT2D eigenvalue weighted by Crippen LogP contribution is -2.39. The number of alkyl halides is 2. The van der Waals surface area contributed by atoms with Gasteiger partial charge in [-0.1, -0.05) is 22.0 Å². The number of pyridine rings is 1. The number of hydrogen-bond acceptors (Lipinski definition) is 3. The Kier molecular flexibility index (Phi) is 5.79. The summed E-state index contributed by atoms with van der Waals surface area (Å²) in [5, 5.41) is 2.95. The first-order valence-corrected chi connectivity index (χ1v) is 12.4. The van der Waals surface area contributed by atoms with Crippen molar-refractivity contribution in [1.82, 2.24) is 4.98 Å². The van der Waals surface area contributed by atoms with Crippen LogP contribution in [0.3, 0.4) is 0 Å². The minimum absolute atomic E-state index is 0.178. The van der Waals surface area contributed by atoms with Gasteiger partial charge in [-0.3, -0.25) is 4.79 Å². The van der Waals surface area contributed by atoms with Gasteiger partial charge in [-0.15, -0.1) is 0 Å². The topological polar surface area (TPSA) is 45.2 Å². The maximum absolute atomic E-state index is 13.6. The Morgan fingerprint density at radius 1 is 1.09 bits per heavy atom. The van der Waals surface area contributed by atoms with Crippen molar-refractivity contribution in [2.75, 3.05) is 23.3 Å². The number of aryl methyl sites for hydroxylation is 1. The molecule has 1 aromatic carbocycles. The van der Waals surface area contributed by atoms with Gasteiger partial charge in [0, 0.05) is 36.0 Å². The first kappa shape index (κ1) is 22.5. The van der Waals surface area contributed by atoms with Crippen molar-refractivity contribution in [3.05, 3.63) is 57.6 Å². The van der Waals surface area contributed by atoms with Crippen LogP contribution in [0.4, 0.5) is 20.4 Å². The molecule has 1 saturated carbocycles. The fraction of sp³-hybridized carbons (Fsp3) is 0.462. The Hall–Kier alpha value is -2.28. The van der Waals surface area contributed by atoms with Crippen molar-refractivity contribution in [2.45, 2.75) is 57.8 Å². The molecular formula is C26H28BrF2N3O. The lowest BCUT2D eigenvalue weighted by Gasteiger charge is -2.32. The highest BCUT2D eigenvalue weighted by Gasteiger charge is 2.43. The van der Waals surface area contributed by atoms with E-state index in [-0.39, 0.29) is 31.8 Å². The molecule has 2 heterocycles. The van der Waals surface area contributed by atoms with E-state index in [1.54, 1.807) is 0 Å². The Morgan fingerprint density at radius 2 is 1.85 bits per heavy atom. The normalized spacial score (nSPS) is 21.0. The summed E-state index contributed by atoms with van der Waals surface area (Å²) in [6.45, 7) is 2.43. The van der Waals surface area contributed by atoms with Crippen LogP contribution in [0.25, 0.3) is 5.57 Å². The molecule has 1 spiro atoms. The SMILES string of the molecule is Cc1cc(NC(=O)c2ccc(Br)cc2C2=CCC3(CC2)CC3)nc(N2CCC(F)(F)CC2)c1. The number of allylic oxidation sites excluding steroid dienone is 2. The summed E-state index contributed by atoms with van der Waals surface area (Å²) in [5.41, 5.74) is 4.26. The van der Waals surface area contributed by atoms with Crippen LogP contribution < -0.4 is 10.2 Å². The number of nitrogens with zero attached hydrogens (tertiary/aromatic N) is 2. The van der Waals surface area contributed by atoms with Gasteiger partial charge in [-0.25, -0.2) is 13.8 Å². The average Bonchev–Trinajstić information content (AvgIpc) is 3.52. The van der Waals surface area contributed by atoms with E-state index in [2.05, 4.69) is 32.3 Å². The van der Waals surface area contributed by atoms with E-state index < -0.39 is 5.92 Å². The minimum Gasteiger partial charge on any atom is -0.356 e. The number of anilines is 2. The van der Waals surface area contributed by atoms with Crippen molar-refractivity contribution in [1.29, 1.82) is 0 Å². The zero-order valence-electron chi connectivity index (χ0n) is 18.8. The smallest absolute Gasteiger partial charge is 0.257 e. The van der Waals surface area contributed by atoms with Gasteiger partial charge in [0.1, 0.15) is 11.6 Å². The van der Waals surface area contributed by atoms with Crippen molar-refractivity contribution < 1.29 is 13.6 Å². The monoisotopic (exact) mass is 515 g/mol. The molecule has 2 aromatic rings. The summed E-state index contributed by atoms with van der Waals surface area (Å²) >= 11 is 3.55. The van der Waals surface area contributed by atoms with E-state index in [1.807, 2.05) is 42.2 Å². The molecule has 1 saturated heterocycles. The third-order valence-electron chi connectivity index (χ3n) is 7.25. The number of carbonyl (C=O) groups is 1. The lowest BCUT2D eigenvalue weighted by atomic mass is 9.83. The predicted molar refractivity (Wildman–Crippen MR) is 131 cm³/mol. The third kappa shape index (κ3) is 4.98. The van der Waals surface area contributed by atoms with Gasteiger partial charge in [-0.05, 0) is 91.5 Å². The molecule has 0 atom stereocenters. The Labute approximate surface area is 201 Å². The summed E-state index contributed by atoms with van der Waals surface area (Å²) in [5.74, 6) is -1.75. The standard InChI is InChI=1S/C26H28BrF2N3O/c1-17-14-22(30-23(15-17)32-12-10-26(28,29)11-13-32)31-24(33)20-3-2-19(27)16-21(20)18-4-6-25(7-5-18)8-9-25/h2-4,14-16H,5-13H2,1H3,(H,30,31,33). The van der Waals surface area contributed by atoms with Gasteiger partial charge in [-0.2, -0.15) is 0 Å². The molecule has 1 amide bonds. The second-order valence-electron chi connectivity index (χ2n) is 9.81. The van der Waals surface area contributed by atoms with E-state index in [1.165, 1.54) is 24.8 Å². The van der Waals surface area contributed by atoms with Crippen LogP contribution in [0.2, 0.25) is 0 Å². The largest absolute Gasteiger partial charge is 0.356 e. The van der Waals surface area contributed by atoms with Crippen molar-refractivity contribution in [3.63, 3.8) is 0 Å². The molecule has 4 nitrogen and oxygen atoms in total. The molecule has 1 N–H and O–H groups in total. The van der Waals surface area contributed by atoms with Crippen LogP contribution >= 0.6 is 15.9 Å². The third-order valence-corrected chi connectivity index (χ3v) is 7.75. The maximum atomic E-state index is 13.6. The molecule has 174 valence electrons. The van der Waals surface area contributed by atoms with Crippen LogP contribution in [0.5, 0.6) is 0 Å². The van der Waals surface area contributed by atoms with Crippen LogP contribution in [-0.2, 0) is 0 Å². The van der Waals surface area contributed by atoms with Crippen LogP contribution in [0.15, 0.2) is 40.9 Å². The number of hydrogen-bond donors (Lipinski definition) is 1. The van der Waals surface area contributed by atoms with E-state index >= 15 is 0 Å². The second-order valence-corrected chi connectivity index (χ2v) is 10.7. The molecule has 0 unspecified atom stereocenters. The van der Waals surface area contributed by atoms with E-state index in [0.29, 0.717) is 22.6 Å². The predicted octanol–water partition coefficient (Wildman–Crippen LogP) is 6.99. The molecule has 0 radical (unpaired) electrons. The Bertz CT molecular complexity index is 1120. The molecule has 5 rings (SSSR count). The number of piperidine rings is 1. The van der Waals surface area contributed by atoms with E-state index in [9.17, 15) is 13.6 Å². The average molecular weight is 516 g/mol. The zero-order valence-corrected chi connectivity index (χ0v) is 20.4. The molecule has 33 heavy (non-hydrogen) atoms. The lowest BCUT2D eigenvalue weighted by molar-refractivity contribution is -0.0221. The van der Waals surface area contributed by atoms with E-state index in [0.717, 1.165) is 28.4 Å². The van der Waals surface area contributed by atoms with Crippen LogP contribution in [0, 0.1) is 12.3 Å². The van der Waals surface area contributed by atoms with E-state index in [4.69, 9.17) is 0 Å². The minimum atomic E-state index is -2.61. The number of halogens is 3. The summed E-state index contributed by atoms with van der Waals surface area (Å²) in [7, 11) is 0. The maximum Gasteiger partial charge on any atom is 0.257 e. The molecule has 3 aliphatic rings. The summed E-state index contributed by atoms with van der Waals surface area (Å²) in [6, 6.07) is 9.45. The van der Waals surface area contributed by atoms with Crippen molar-refractivity contribution >= 4 is 39.0 Å². The fourth-order valence-corrected chi connectivity index (χ4v) is 5.28. The second kappa shape index (κ2) is 8.49. The first-order valence-electron chi connectivity index (χ1n) is 11.6. The Morgan fingerprint density at radius 3 is 2.52 bits per heavy atom. The van der Waals surface area contributed by atoms with Gasteiger partial charge in [0.15, 0.2) is 0 Å².